The predicted octanol–water partition coefficient (Wildman–Crippen LogP) is 3.95. The van der Waals surface area contributed by atoms with Crippen LogP contribution >= 0.6 is 0 Å². The van der Waals surface area contributed by atoms with Crippen molar-refractivity contribution in [3.63, 3.8) is 0 Å². The number of carbonyl (C=O) groups is 2. The van der Waals surface area contributed by atoms with E-state index in [0.29, 0.717) is 30.2 Å². The van der Waals surface area contributed by atoms with Crippen molar-refractivity contribution in [1.82, 2.24) is 5.32 Å². The third-order valence-corrected chi connectivity index (χ3v) is 4.26. The quantitative estimate of drug-likeness (QED) is 0.609. The number of hydrogen-bond acceptors (Lipinski definition) is 6. The molecule has 6 nitrogen and oxygen atoms in total. The molecule has 0 atom stereocenters. The van der Waals surface area contributed by atoms with Gasteiger partial charge in [0.2, 0.25) is 0 Å². The van der Waals surface area contributed by atoms with Crippen molar-refractivity contribution in [2.75, 3.05) is 14.2 Å². The van der Waals surface area contributed by atoms with Gasteiger partial charge in [-0.05, 0) is 48.0 Å². The maximum Gasteiger partial charge on any atom is 0.337 e. The van der Waals surface area contributed by atoms with Crippen LogP contribution in [0.2, 0.25) is 0 Å². The summed E-state index contributed by atoms with van der Waals surface area (Å²) in [5.41, 5.74) is 1.94. The van der Waals surface area contributed by atoms with Crippen molar-refractivity contribution in [2.24, 2.45) is 0 Å². The van der Waals surface area contributed by atoms with Crippen LogP contribution in [-0.2, 0) is 22.6 Å². The third kappa shape index (κ3) is 5.08. The summed E-state index contributed by atoms with van der Waals surface area (Å²) in [6, 6.07) is 14.4. The van der Waals surface area contributed by atoms with Gasteiger partial charge in [-0.2, -0.15) is 0 Å². The second kappa shape index (κ2) is 9.16. The highest BCUT2D eigenvalue weighted by atomic mass is 19.1. The van der Waals surface area contributed by atoms with E-state index in [1.165, 1.54) is 32.4 Å². The number of hydrogen-bond donors (Lipinski definition) is 1. The minimum absolute atomic E-state index is 0.220. The largest absolute Gasteiger partial charge is 0.465 e. The Labute approximate surface area is 167 Å². The molecule has 29 heavy (non-hydrogen) atoms. The molecule has 2 aromatic carbocycles. The second-order valence-electron chi connectivity index (χ2n) is 6.28. The summed E-state index contributed by atoms with van der Waals surface area (Å²) in [6.07, 6.45) is 0. The SMILES string of the molecule is COC(=O)c1cc(C(=O)OC)cc(-c2ccc(CNCc3ccc(F)cc3)o2)c1. The number of ether oxygens (including phenoxy) is 2. The Morgan fingerprint density at radius 1 is 0.897 bits per heavy atom. The number of nitrogens with one attached hydrogen (secondary N) is 1. The Morgan fingerprint density at radius 3 is 2.10 bits per heavy atom. The van der Waals surface area contributed by atoms with E-state index in [1.807, 2.05) is 0 Å². The summed E-state index contributed by atoms with van der Waals surface area (Å²) < 4.78 is 28.3. The van der Waals surface area contributed by atoms with Crippen molar-refractivity contribution in [1.29, 1.82) is 0 Å². The van der Waals surface area contributed by atoms with E-state index in [9.17, 15) is 14.0 Å². The summed E-state index contributed by atoms with van der Waals surface area (Å²) in [4.78, 5) is 23.8. The summed E-state index contributed by atoms with van der Waals surface area (Å²) >= 11 is 0. The van der Waals surface area contributed by atoms with Crippen LogP contribution in [0.5, 0.6) is 0 Å². The first-order valence-electron chi connectivity index (χ1n) is 8.86. The van der Waals surface area contributed by atoms with Crippen LogP contribution in [0.4, 0.5) is 4.39 Å². The molecule has 0 fully saturated rings. The zero-order valence-corrected chi connectivity index (χ0v) is 16.0. The minimum Gasteiger partial charge on any atom is -0.465 e. The van der Waals surface area contributed by atoms with Crippen LogP contribution in [0.1, 0.15) is 32.0 Å². The molecule has 1 heterocycles. The maximum absolute atomic E-state index is 12.9. The van der Waals surface area contributed by atoms with E-state index in [2.05, 4.69) is 5.32 Å². The van der Waals surface area contributed by atoms with Gasteiger partial charge in [-0.25, -0.2) is 14.0 Å². The highest BCUT2D eigenvalue weighted by Crippen LogP contribution is 2.26. The number of carbonyl (C=O) groups excluding carboxylic acids is 2. The van der Waals surface area contributed by atoms with Crippen LogP contribution in [0.15, 0.2) is 59.0 Å². The van der Waals surface area contributed by atoms with Crippen LogP contribution in [0.3, 0.4) is 0 Å². The normalized spacial score (nSPS) is 10.6. The molecule has 0 unspecified atom stereocenters. The summed E-state index contributed by atoms with van der Waals surface area (Å²) in [5, 5.41) is 3.22. The van der Waals surface area contributed by atoms with Crippen LogP contribution in [0.25, 0.3) is 11.3 Å². The molecule has 7 heteroatoms. The van der Waals surface area contributed by atoms with E-state index >= 15 is 0 Å². The van der Waals surface area contributed by atoms with Gasteiger partial charge >= 0.3 is 11.9 Å². The Bertz CT molecular complexity index is 976. The molecule has 3 aromatic rings. The van der Waals surface area contributed by atoms with Crippen molar-refractivity contribution in [2.45, 2.75) is 13.1 Å². The molecule has 0 aliphatic carbocycles. The minimum atomic E-state index is -0.565. The van der Waals surface area contributed by atoms with E-state index in [-0.39, 0.29) is 16.9 Å². The van der Waals surface area contributed by atoms with Gasteiger partial charge in [0.05, 0.1) is 31.9 Å². The van der Waals surface area contributed by atoms with Gasteiger partial charge < -0.3 is 19.2 Å². The first-order valence-corrected chi connectivity index (χ1v) is 8.86. The molecule has 0 aliphatic heterocycles. The Morgan fingerprint density at radius 2 is 1.52 bits per heavy atom. The first kappa shape index (κ1) is 20.3. The number of furan rings is 1. The lowest BCUT2D eigenvalue weighted by Gasteiger charge is -2.07. The van der Waals surface area contributed by atoms with Gasteiger partial charge in [-0.15, -0.1) is 0 Å². The highest BCUT2D eigenvalue weighted by molar-refractivity contribution is 5.97. The monoisotopic (exact) mass is 397 g/mol. The molecule has 150 valence electrons. The van der Waals surface area contributed by atoms with Crippen LogP contribution in [-0.4, -0.2) is 26.2 Å². The lowest BCUT2D eigenvalue weighted by atomic mass is 10.0. The van der Waals surface area contributed by atoms with Gasteiger partial charge in [0, 0.05) is 12.1 Å². The first-order chi connectivity index (χ1) is 14.0. The second-order valence-corrected chi connectivity index (χ2v) is 6.28. The van der Waals surface area contributed by atoms with Gasteiger partial charge in [0.25, 0.3) is 0 Å². The fourth-order valence-corrected chi connectivity index (χ4v) is 2.80. The lowest BCUT2D eigenvalue weighted by molar-refractivity contribution is 0.0599. The van der Waals surface area contributed by atoms with Crippen molar-refractivity contribution in [3.8, 4) is 11.3 Å². The summed E-state index contributed by atoms with van der Waals surface area (Å²) in [5.74, 6) is -0.232. The zero-order chi connectivity index (χ0) is 20.8. The summed E-state index contributed by atoms with van der Waals surface area (Å²) in [7, 11) is 2.54. The molecule has 1 aromatic heterocycles. The molecule has 0 radical (unpaired) electrons. The molecule has 0 amide bonds. The van der Waals surface area contributed by atoms with Gasteiger partial charge in [-0.3, -0.25) is 0 Å². The fourth-order valence-electron chi connectivity index (χ4n) is 2.80. The number of esters is 2. The zero-order valence-electron chi connectivity index (χ0n) is 16.0. The average molecular weight is 397 g/mol. The van der Waals surface area contributed by atoms with Crippen molar-refractivity contribution >= 4 is 11.9 Å². The average Bonchev–Trinajstić information content (AvgIpc) is 3.22. The van der Waals surface area contributed by atoms with E-state index in [4.69, 9.17) is 13.9 Å². The van der Waals surface area contributed by atoms with E-state index < -0.39 is 11.9 Å². The van der Waals surface area contributed by atoms with Crippen molar-refractivity contribution < 1.29 is 27.9 Å². The Balaban J connectivity index is 1.75. The lowest BCUT2D eigenvalue weighted by Crippen LogP contribution is -2.12. The highest BCUT2D eigenvalue weighted by Gasteiger charge is 2.16. The van der Waals surface area contributed by atoms with Crippen LogP contribution < -0.4 is 5.32 Å². The number of rotatable bonds is 7. The molecule has 0 saturated heterocycles. The number of methoxy groups -OCH3 is 2. The molecule has 0 bridgehead atoms. The molecule has 0 spiro atoms. The Hall–Kier alpha value is -3.45. The van der Waals surface area contributed by atoms with E-state index in [0.717, 1.165) is 5.56 Å². The number of halogens is 1. The smallest absolute Gasteiger partial charge is 0.337 e. The maximum atomic E-state index is 12.9. The Kier molecular flexibility index (Phi) is 6.41. The molecule has 0 aliphatic rings. The molecule has 3 rings (SSSR count). The van der Waals surface area contributed by atoms with Gasteiger partial charge in [-0.1, -0.05) is 12.1 Å². The fraction of sp³-hybridized carbons (Fsp3) is 0.182. The molecular weight excluding hydrogens is 377 g/mol. The molecular formula is C22H20FNO5. The topological polar surface area (TPSA) is 77.8 Å². The third-order valence-electron chi connectivity index (χ3n) is 4.26. The standard InChI is InChI=1S/C22H20FNO5/c1-27-21(25)16-9-15(10-17(11-16)22(26)28-2)20-8-7-19(29-20)13-24-12-14-3-5-18(23)6-4-14/h3-11,24H,12-13H2,1-2H3. The predicted molar refractivity (Wildman–Crippen MR) is 104 cm³/mol. The van der Waals surface area contributed by atoms with E-state index in [1.54, 1.807) is 36.4 Å². The van der Waals surface area contributed by atoms with Crippen molar-refractivity contribution in [3.05, 3.63) is 82.9 Å². The molecule has 1 N–H and O–H groups in total. The number of benzene rings is 2. The molecule has 0 saturated carbocycles. The van der Waals surface area contributed by atoms with Gasteiger partial charge in [0.1, 0.15) is 17.3 Å². The van der Waals surface area contributed by atoms with Gasteiger partial charge in [0.15, 0.2) is 0 Å². The van der Waals surface area contributed by atoms with Crippen LogP contribution in [0, 0.1) is 5.82 Å². The summed E-state index contributed by atoms with van der Waals surface area (Å²) in [6.45, 7) is 1.01.